The van der Waals surface area contributed by atoms with E-state index in [1.165, 1.54) is 0 Å². The fraction of sp³-hybridized carbons (Fsp3) is 0.842. The standard InChI is InChI=1S/C19H34O5/c1-5-9-12-21-15-19(8-4)17(23-14-11-7-3)16(18(20)24-19)22-13-10-6-2/h8,16-17H,4-7,9-15H2,1-3H3/t16-,17+,19-/m1/s1. The highest BCUT2D eigenvalue weighted by molar-refractivity contribution is 5.79. The lowest BCUT2D eigenvalue weighted by atomic mass is 9.96. The Morgan fingerprint density at radius 3 is 2.21 bits per heavy atom. The summed E-state index contributed by atoms with van der Waals surface area (Å²) in [5, 5.41) is 0. The lowest BCUT2D eigenvalue weighted by Crippen LogP contribution is -2.48. The van der Waals surface area contributed by atoms with E-state index in [9.17, 15) is 4.79 Å². The monoisotopic (exact) mass is 342 g/mol. The minimum Gasteiger partial charge on any atom is -0.447 e. The van der Waals surface area contributed by atoms with Crippen LogP contribution in [-0.2, 0) is 23.7 Å². The number of cyclic esters (lactones) is 1. The molecule has 24 heavy (non-hydrogen) atoms. The quantitative estimate of drug-likeness (QED) is 0.274. The zero-order valence-electron chi connectivity index (χ0n) is 15.6. The Morgan fingerprint density at radius 2 is 1.62 bits per heavy atom. The summed E-state index contributed by atoms with van der Waals surface area (Å²) >= 11 is 0. The maximum Gasteiger partial charge on any atom is 0.339 e. The van der Waals surface area contributed by atoms with Crippen molar-refractivity contribution in [1.29, 1.82) is 0 Å². The number of unbranched alkanes of at least 4 members (excludes halogenated alkanes) is 3. The molecule has 5 nitrogen and oxygen atoms in total. The average Bonchev–Trinajstić information content (AvgIpc) is 2.85. The molecule has 1 aliphatic heterocycles. The molecule has 0 aliphatic carbocycles. The molecule has 5 heteroatoms. The van der Waals surface area contributed by atoms with Crippen molar-refractivity contribution in [1.82, 2.24) is 0 Å². The fourth-order valence-corrected chi connectivity index (χ4v) is 2.58. The van der Waals surface area contributed by atoms with Crippen LogP contribution in [-0.4, -0.2) is 50.2 Å². The Kier molecular flexibility index (Phi) is 10.2. The van der Waals surface area contributed by atoms with Crippen LogP contribution >= 0.6 is 0 Å². The maximum absolute atomic E-state index is 12.3. The number of hydrogen-bond donors (Lipinski definition) is 0. The minimum absolute atomic E-state index is 0.257. The Balaban J connectivity index is 2.79. The first-order chi connectivity index (χ1) is 11.6. The van der Waals surface area contributed by atoms with Crippen LogP contribution in [0.3, 0.4) is 0 Å². The van der Waals surface area contributed by atoms with Crippen molar-refractivity contribution < 1.29 is 23.7 Å². The van der Waals surface area contributed by atoms with E-state index in [1.807, 2.05) is 0 Å². The second-order valence-electron chi connectivity index (χ2n) is 6.28. The first-order valence-corrected chi connectivity index (χ1v) is 9.32. The van der Waals surface area contributed by atoms with Gasteiger partial charge < -0.3 is 18.9 Å². The Bertz CT molecular complexity index is 371. The van der Waals surface area contributed by atoms with E-state index in [-0.39, 0.29) is 12.6 Å². The summed E-state index contributed by atoms with van der Waals surface area (Å²) in [6.45, 7) is 12.1. The highest BCUT2D eigenvalue weighted by Crippen LogP contribution is 2.34. The summed E-state index contributed by atoms with van der Waals surface area (Å²) in [6, 6.07) is 0. The molecule has 0 aromatic carbocycles. The second-order valence-corrected chi connectivity index (χ2v) is 6.28. The van der Waals surface area contributed by atoms with Gasteiger partial charge in [-0.3, -0.25) is 0 Å². The van der Waals surface area contributed by atoms with Crippen molar-refractivity contribution in [2.45, 2.75) is 77.1 Å². The van der Waals surface area contributed by atoms with E-state index in [0.717, 1.165) is 38.5 Å². The van der Waals surface area contributed by atoms with Gasteiger partial charge in [-0.25, -0.2) is 4.79 Å². The average molecular weight is 342 g/mol. The molecule has 0 bridgehead atoms. The van der Waals surface area contributed by atoms with Crippen LogP contribution < -0.4 is 0 Å². The first kappa shape index (κ1) is 21.1. The first-order valence-electron chi connectivity index (χ1n) is 9.32. The number of ether oxygens (including phenoxy) is 4. The lowest BCUT2D eigenvalue weighted by Gasteiger charge is -2.31. The van der Waals surface area contributed by atoms with Gasteiger partial charge in [-0.2, -0.15) is 0 Å². The van der Waals surface area contributed by atoms with E-state index < -0.39 is 17.8 Å². The number of carbonyl (C=O) groups is 1. The predicted octanol–water partition coefficient (Wildman–Crippen LogP) is 3.66. The van der Waals surface area contributed by atoms with Gasteiger partial charge in [-0.1, -0.05) is 46.6 Å². The Labute approximate surface area is 146 Å². The molecular formula is C19H34O5. The summed E-state index contributed by atoms with van der Waals surface area (Å²) < 4.78 is 23.1. The zero-order chi connectivity index (χ0) is 17.8. The number of esters is 1. The van der Waals surface area contributed by atoms with E-state index in [1.54, 1.807) is 6.08 Å². The summed E-state index contributed by atoms with van der Waals surface area (Å²) in [5.41, 5.74) is -0.963. The van der Waals surface area contributed by atoms with Gasteiger partial charge in [0.25, 0.3) is 0 Å². The van der Waals surface area contributed by atoms with Crippen LogP contribution in [0.25, 0.3) is 0 Å². The van der Waals surface area contributed by atoms with Crippen LogP contribution in [0.5, 0.6) is 0 Å². The Morgan fingerprint density at radius 1 is 1.04 bits per heavy atom. The molecule has 0 N–H and O–H groups in total. The minimum atomic E-state index is -0.963. The molecule has 0 aromatic heterocycles. The summed E-state index contributed by atoms with van der Waals surface area (Å²) in [6.07, 6.45) is 6.31. The molecule has 1 aliphatic rings. The van der Waals surface area contributed by atoms with Gasteiger partial charge in [0.1, 0.15) is 6.10 Å². The molecule has 0 radical (unpaired) electrons. The lowest BCUT2D eigenvalue weighted by molar-refractivity contribution is -0.155. The second kappa shape index (κ2) is 11.6. The highest BCUT2D eigenvalue weighted by Gasteiger charge is 2.56. The molecular weight excluding hydrogens is 308 g/mol. The fourth-order valence-electron chi connectivity index (χ4n) is 2.58. The molecule has 1 saturated heterocycles. The molecule has 1 heterocycles. The molecule has 0 aromatic rings. The van der Waals surface area contributed by atoms with Crippen LogP contribution in [0.2, 0.25) is 0 Å². The summed E-state index contributed by atoms with van der Waals surface area (Å²) in [5.74, 6) is -0.383. The topological polar surface area (TPSA) is 54.0 Å². The van der Waals surface area contributed by atoms with Crippen LogP contribution in [0.15, 0.2) is 12.7 Å². The molecule has 1 rings (SSSR count). The molecule has 0 amide bonds. The van der Waals surface area contributed by atoms with Gasteiger partial charge in [-0.05, 0) is 25.3 Å². The van der Waals surface area contributed by atoms with Crippen molar-refractivity contribution in [3.8, 4) is 0 Å². The van der Waals surface area contributed by atoms with Crippen molar-refractivity contribution >= 4 is 5.97 Å². The van der Waals surface area contributed by atoms with Crippen molar-refractivity contribution in [2.24, 2.45) is 0 Å². The molecule has 1 fully saturated rings. The third kappa shape index (κ3) is 5.87. The molecule has 0 spiro atoms. The largest absolute Gasteiger partial charge is 0.447 e. The van der Waals surface area contributed by atoms with Gasteiger partial charge in [0, 0.05) is 19.8 Å². The number of hydrogen-bond acceptors (Lipinski definition) is 5. The zero-order valence-corrected chi connectivity index (χ0v) is 15.6. The maximum atomic E-state index is 12.3. The normalized spacial score (nSPS) is 26.5. The highest BCUT2D eigenvalue weighted by atomic mass is 16.7. The van der Waals surface area contributed by atoms with Crippen molar-refractivity contribution in [3.63, 3.8) is 0 Å². The van der Waals surface area contributed by atoms with Gasteiger partial charge in [0.2, 0.25) is 0 Å². The number of rotatable bonds is 14. The molecule has 0 unspecified atom stereocenters. The third-order valence-electron chi connectivity index (χ3n) is 4.19. The van der Waals surface area contributed by atoms with Crippen LogP contribution in [0.1, 0.15) is 59.3 Å². The molecule has 3 atom stereocenters. The van der Waals surface area contributed by atoms with E-state index >= 15 is 0 Å². The van der Waals surface area contributed by atoms with Gasteiger partial charge in [0.15, 0.2) is 11.7 Å². The summed E-state index contributed by atoms with van der Waals surface area (Å²) in [7, 11) is 0. The van der Waals surface area contributed by atoms with Crippen molar-refractivity contribution in [2.75, 3.05) is 26.4 Å². The van der Waals surface area contributed by atoms with Crippen LogP contribution in [0.4, 0.5) is 0 Å². The van der Waals surface area contributed by atoms with Crippen molar-refractivity contribution in [3.05, 3.63) is 12.7 Å². The Hall–Kier alpha value is -0.910. The third-order valence-corrected chi connectivity index (χ3v) is 4.19. The van der Waals surface area contributed by atoms with Gasteiger partial charge in [-0.15, -0.1) is 0 Å². The number of carbonyl (C=O) groups excluding carboxylic acids is 1. The SMILES string of the molecule is C=C[C@]1(COCCCC)OC(=O)[C@H](OCCCC)[C@@H]1OCCCC. The van der Waals surface area contributed by atoms with E-state index in [0.29, 0.717) is 19.8 Å². The molecule has 140 valence electrons. The van der Waals surface area contributed by atoms with Gasteiger partial charge >= 0.3 is 5.97 Å². The predicted molar refractivity (Wildman–Crippen MR) is 94.0 cm³/mol. The van der Waals surface area contributed by atoms with Gasteiger partial charge in [0.05, 0.1) is 6.61 Å². The van der Waals surface area contributed by atoms with E-state index in [4.69, 9.17) is 18.9 Å². The van der Waals surface area contributed by atoms with E-state index in [2.05, 4.69) is 27.4 Å². The summed E-state index contributed by atoms with van der Waals surface area (Å²) in [4.78, 5) is 12.3. The molecule has 0 saturated carbocycles. The smallest absolute Gasteiger partial charge is 0.339 e. The van der Waals surface area contributed by atoms with Crippen LogP contribution in [0, 0.1) is 0 Å².